The summed E-state index contributed by atoms with van der Waals surface area (Å²) in [7, 11) is 0. The molecule has 2 rings (SSSR count). The zero-order chi connectivity index (χ0) is 14.4. The normalized spacial score (nSPS) is 14.9. The topological polar surface area (TPSA) is 80.5 Å². The Balaban J connectivity index is 1.74. The highest BCUT2D eigenvalue weighted by Crippen LogP contribution is 2.06. The Hall–Kier alpha value is -1.73. The molecule has 108 valence electrons. The maximum absolute atomic E-state index is 11.9. The first-order chi connectivity index (χ1) is 9.66. The van der Waals surface area contributed by atoms with E-state index in [0.29, 0.717) is 50.1 Å². The van der Waals surface area contributed by atoms with Crippen LogP contribution in [0, 0.1) is 0 Å². The molecule has 0 bridgehead atoms. The van der Waals surface area contributed by atoms with Gasteiger partial charge in [0.2, 0.25) is 5.91 Å². The number of rotatable bonds is 5. The standard InChI is InChI=1S/C13H18N4O2S/c14-13(20)10-1-2-11(16-9-10)15-4-3-12(18)17-5-7-19-8-6-17/h1-2,9H,3-8H2,(H2,14,20)(H,15,16). The van der Waals surface area contributed by atoms with E-state index in [1.54, 1.807) is 12.3 Å². The van der Waals surface area contributed by atoms with E-state index in [9.17, 15) is 4.79 Å². The summed E-state index contributed by atoms with van der Waals surface area (Å²) in [6.45, 7) is 3.16. The molecule has 3 N–H and O–H groups in total. The van der Waals surface area contributed by atoms with Crippen LogP contribution in [0.3, 0.4) is 0 Å². The van der Waals surface area contributed by atoms with E-state index in [4.69, 9.17) is 22.7 Å². The van der Waals surface area contributed by atoms with Crippen LogP contribution in [-0.2, 0) is 9.53 Å². The largest absolute Gasteiger partial charge is 0.389 e. The molecule has 1 aliphatic heterocycles. The second-order valence-corrected chi connectivity index (χ2v) is 4.91. The lowest BCUT2D eigenvalue weighted by atomic mass is 10.3. The minimum atomic E-state index is 0.139. The van der Waals surface area contributed by atoms with Gasteiger partial charge in [0.1, 0.15) is 10.8 Å². The number of hydrogen-bond donors (Lipinski definition) is 2. The van der Waals surface area contributed by atoms with Crippen LogP contribution in [0.1, 0.15) is 12.0 Å². The molecule has 1 fully saturated rings. The average molecular weight is 294 g/mol. The van der Waals surface area contributed by atoms with Crippen LogP contribution in [0.2, 0.25) is 0 Å². The number of nitrogens with two attached hydrogens (primary N) is 1. The van der Waals surface area contributed by atoms with Crippen LogP contribution in [0.4, 0.5) is 5.82 Å². The van der Waals surface area contributed by atoms with Gasteiger partial charge in [-0.2, -0.15) is 0 Å². The number of carbonyl (C=O) groups excluding carboxylic acids is 1. The molecule has 1 amide bonds. The number of carbonyl (C=O) groups is 1. The zero-order valence-electron chi connectivity index (χ0n) is 11.2. The maximum atomic E-state index is 11.9. The summed E-state index contributed by atoms with van der Waals surface area (Å²) in [6.07, 6.45) is 2.06. The van der Waals surface area contributed by atoms with Gasteiger partial charge in [0, 0.05) is 37.8 Å². The molecule has 0 saturated carbocycles. The van der Waals surface area contributed by atoms with Crippen molar-refractivity contribution in [2.24, 2.45) is 5.73 Å². The Morgan fingerprint density at radius 3 is 2.80 bits per heavy atom. The summed E-state index contributed by atoms with van der Waals surface area (Å²) in [5, 5.41) is 3.11. The predicted molar refractivity (Wildman–Crippen MR) is 80.6 cm³/mol. The predicted octanol–water partition coefficient (Wildman–Crippen LogP) is 0.377. The molecule has 0 aliphatic carbocycles. The van der Waals surface area contributed by atoms with E-state index in [0.717, 1.165) is 5.56 Å². The quantitative estimate of drug-likeness (QED) is 0.764. The zero-order valence-corrected chi connectivity index (χ0v) is 12.0. The molecular formula is C13H18N4O2S. The molecule has 7 heteroatoms. The number of thiocarbonyl (C=S) groups is 1. The van der Waals surface area contributed by atoms with Crippen LogP contribution in [0.15, 0.2) is 18.3 Å². The van der Waals surface area contributed by atoms with Gasteiger partial charge in [-0.15, -0.1) is 0 Å². The van der Waals surface area contributed by atoms with Gasteiger partial charge in [-0.1, -0.05) is 12.2 Å². The number of hydrogen-bond acceptors (Lipinski definition) is 5. The lowest BCUT2D eigenvalue weighted by Crippen LogP contribution is -2.41. The molecule has 1 aromatic heterocycles. The van der Waals surface area contributed by atoms with Gasteiger partial charge in [0.15, 0.2) is 0 Å². The molecule has 0 spiro atoms. The minimum absolute atomic E-state index is 0.139. The van der Waals surface area contributed by atoms with Crippen LogP contribution in [-0.4, -0.2) is 53.6 Å². The van der Waals surface area contributed by atoms with Crippen LogP contribution < -0.4 is 11.1 Å². The van der Waals surface area contributed by atoms with Crippen LogP contribution in [0.5, 0.6) is 0 Å². The van der Waals surface area contributed by atoms with Crippen molar-refractivity contribution in [3.05, 3.63) is 23.9 Å². The Bertz CT molecular complexity index is 472. The molecule has 1 aromatic rings. The summed E-state index contributed by atoms with van der Waals surface area (Å²) in [5.74, 6) is 0.848. The van der Waals surface area contributed by atoms with Crippen molar-refractivity contribution in [2.75, 3.05) is 38.2 Å². The minimum Gasteiger partial charge on any atom is -0.389 e. The first-order valence-corrected chi connectivity index (χ1v) is 6.93. The molecule has 20 heavy (non-hydrogen) atoms. The number of aromatic nitrogens is 1. The average Bonchev–Trinajstić information content (AvgIpc) is 2.48. The van der Waals surface area contributed by atoms with Gasteiger partial charge in [0.25, 0.3) is 0 Å². The Morgan fingerprint density at radius 2 is 2.20 bits per heavy atom. The van der Waals surface area contributed by atoms with Crippen molar-refractivity contribution >= 4 is 28.9 Å². The molecule has 0 aromatic carbocycles. The molecule has 0 atom stereocenters. The molecule has 0 radical (unpaired) electrons. The van der Waals surface area contributed by atoms with Crippen molar-refractivity contribution in [3.8, 4) is 0 Å². The lowest BCUT2D eigenvalue weighted by Gasteiger charge is -2.26. The van der Waals surface area contributed by atoms with E-state index >= 15 is 0 Å². The maximum Gasteiger partial charge on any atom is 0.224 e. The van der Waals surface area contributed by atoms with E-state index < -0.39 is 0 Å². The van der Waals surface area contributed by atoms with Crippen molar-refractivity contribution in [2.45, 2.75) is 6.42 Å². The SMILES string of the molecule is NC(=S)c1ccc(NCCC(=O)N2CCOCC2)nc1. The monoisotopic (exact) mass is 294 g/mol. The summed E-state index contributed by atoms with van der Waals surface area (Å²) < 4.78 is 5.21. The van der Waals surface area contributed by atoms with Gasteiger partial charge < -0.3 is 20.7 Å². The highest BCUT2D eigenvalue weighted by molar-refractivity contribution is 7.80. The fraction of sp³-hybridized carbons (Fsp3) is 0.462. The molecule has 1 saturated heterocycles. The third-order valence-corrected chi connectivity index (χ3v) is 3.29. The van der Waals surface area contributed by atoms with E-state index in [2.05, 4.69) is 10.3 Å². The Labute approximate surface area is 123 Å². The fourth-order valence-electron chi connectivity index (χ4n) is 1.91. The van der Waals surface area contributed by atoms with Crippen molar-refractivity contribution in [1.82, 2.24) is 9.88 Å². The molecule has 0 unspecified atom stereocenters. The first kappa shape index (κ1) is 14.7. The van der Waals surface area contributed by atoms with E-state index in [-0.39, 0.29) is 5.91 Å². The summed E-state index contributed by atoms with van der Waals surface area (Å²) >= 11 is 4.86. The van der Waals surface area contributed by atoms with Gasteiger partial charge in [-0.25, -0.2) is 4.98 Å². The second-order valence-electron chi connectivity index (χ2n) is 4.47. The van der Waals surface area contributed by atoms with E-state index in [1.165, 1.54) is 0 Å². The summed E-state index contributed by atoms with van der Waals surface area (Å²) in [6, 6.07) is 3.61. The molecular weight excluding hydrogens is 276 g/mol. The number of anilines is 1. The van der Waals surface area contributed by atoms with Crippen LogP contribution in [0.25, 0.3) is 0 Å². The van der Waals surface area contributed by atoms with Crippen LogP contribution >= 0.6 is 12.2 Å². The van der Waals surface area contributed by atoms with Crippen molar-refractivity contribution < 1.29 is 9.53 Å². The van der Waals surface area contributed by atoms with Gasteiger partial charge in [-0.3, -0.25) is 4.79 Å². The van der Waals surface area contributed by atoms with Crippen molar-refractivity contribution in [1.29, 1.82) is 0 Å². The van der Waals surface area contributed by atoms with Gasteiger partial charge in [-0.05, 0) is 12.1 Å². The molecule has 6 nitrogen and oxygen atoms in total. The molecule has 1 aliphatic rings. The van der Waals surface area contributed by atoms with Gasteiger partial charge >= 0.3 is 0 Å². The summed E-state index contributed by atoms with van der Waals surface area (Å²) in [5.41, 5.74) is 6.23. The first-order valence-electron chi connectivity index (χ1n) is 6.52. The lowest BCUT2D eigenvalue weighted by molar-refractivity contribution is -0.134. The highest BCUT2D eigenvalue weighted by atomic mass is 32.1. The number of morpholine rings is 1. The number of nitrogens with zero attached hydrogens (tertiary/aromatic N) is 2. The Morgan fingerprint density at radius 1 is 1.45 bits per heavy atom. The smallest absolute Gasteiger partial charge is 0.224 e. The number of pyridine rings is 1. The third-order valence-electron chi connectivity index (χ3n) is 3.06. The highest BCUT2D eigenvalue weighted by Gasteiger charge is 2.15. The Kier molecular flexibility index (Phi) is 5.25. The van der Waals surface area contributed by atoms with Crippen molar-refractivity contribution in [3.63, 3.8) is 0 Å². The number of ether oxygens (including phenoxy) is 1. The molecule has 2 heterocycles. The van der Waals surface area contributed by atoms with E-state index in [1.807, 2.05) is 11.0 Å². The summed E-state index contributed by atoms with van der Waals surface area (Å²) in [4.78, 5) is 18.2. The number of amides is 1. The third kappa shape index (κ3) is 4.14. The second kappa shape index (κ2) is 7.16. The number of nitrogens with one attached hydrogen (secondary N) is 1. The fourth-order valence-corrected chi connectivity index (χ4v) is 2.03. The van der Waals surface area contributed by atoms with Gasteiger partial charge in [0.05, 0.1) is 13.2 Å².